The predicted molar refractivity (Wildman–Crippen MR) is 135 cm³/mol. The summed E-state index contributed by atoms with van der Waals surface area (Å²) in [7, 11) is 1.41. The average molecular weight is 485 g/mol. The van der Waals surface area contributed by atoms with Crippen molar-refractivity contribution in [2.75, 3.05) is 12.0 Å². The molecule has 0 fully saturated rings. The molecule has 0 saturated heterocycles. The molecule has 5 rings (SSSR count). The number of amides is 2. The summed E-state index contributed by atoms with van der Waals surface area (Å²) in [5.74, 6) is 0.0737. The van der Waals surface area contributed by atoms with Gasteiger partial charge >= 0.3 is 6.03 Å². The molecule has 182 valence electrons. The maximum absolute atomic E-state index is 14.3. The van der Waals surface area contributed by atoms with Crippen LogP contribution in [-0.4, -0.2) is 23.3 Å². The normalized spacial score (nSPS) is 15.8. The fourth-order valence-corrected chi connectivity index (χ4v) is 4.56. The van der Waals surface area contributed by atoms with Crippen LogP contribution in [0.4, 0.5) is 14.9 Å². The number of nitrogens with zero attached hydrogens (tertiary/aromatic N) is 3. The molecular formula is C28H25FN4O3. The lowest BCUT2D eigenvalue weighted by molar-refractivity contribution is 0.244. The van der Waals surface area contributed by atoms with Crippen LogP contribution in [0.1, 0.15) is 35.5 Å². The van der Waals surface area contributed by atoms with Crippen molar-refractivity contribution in [1.29, 1.82) is 0 Å². The van der Waals surface area contributed by atoms with Gasteiger partial charge < -0.3 is 14.6 Å². The Balaban J connectivity index is 1.65. The molecule has 2 amide bonds. The number of nitrogens with one attached hydrogen (secondary N) is 1. The average Bonchev–Trinajstić information content (AvgIpc) is 3.33. The van der Waals surface area contributed by atoms with Crippen LogP contribution in [-0.2, 0) is 0 Å². The number of aryl methyl sites for hydroxylation is 2. The van der Waals surface area contributed by atoms with Crippen molar-refractivity contribution in [2.24, 2.45) is 0 Å². The van der Waals surface area contributed by atoms with Gasteiger partial charge in [0, 0.05) is 11.3 Å². The fourth-order valence-electron chi connectivity index (χ4n) is 4.56. The van der Waals surface area contributed by atoms with Crippen molar-refractivity contribution in [1.82, 2.24) is 15.5 Å². The number of hydrogen-bond acceptors (Lipinski definition) is 5. The van der Waals surface area contributed by atoms with Crippen molar-refractivity contribution < 1.29 is 18.4 Å². The molecule has 1 unspecified atom stereocenters. The van der Waals surface area contributed by atoms with Gasteiger partial charge in [-0.1, -0.05) is 41.6 Å². The van der Waals surface area contributed by atoms with Gasteiger partial charge in [-0.15, -0.1) is 0 Å². The van der Waals surface area contributed by atoms with E-state index < -0.39 is 11.9 Å². The minimum Gasteiger partial charge on any atom is -0.494 e. The molecule has 4 aromatic rings. The van der Waals surface area contributed by atoms with Crippen molar-refractivity contribution in [2.45, 2.75) is 26.8 Å². The van der Waals surface area contributed by atoms with Crippen LogP contribution in [0.5, 0.6) is 5.75 Å². The van der Waals surface area contributed by atoms with Gasteiger partial charge in [0.25, 0.3) is 5.89 Å². The second-order valence-corrected chi connectivity index (χ2v) is 8.75. The first kappa shape index (κ1) is 23.3. The zero-order chi connectivity index (χ0) is 25.4. The largest absolute Gasteiger partial charge is 0.494 e. The number of carbonyl (C=O) groups is 1. The summed E-state index contributed by atoms with van der Waals surface area (Å²) < 4.78 is 25.0. The molecule has 1 N–H and O–H groups in total. The zero-order valence-electron chi connectivity index (χ0n) is 20.4. The summed E-state index contributed by atoms with van der Waals surface area (Å²) >= 11 is 0. The van der Waals surface area contributed by atoms with E-state index in [2.05, 4.69) is 21.5 Å². The lowest BCUT2D eigenvalue weighted by Gasteiger charge is -2.35. The Bertz CT molecular complexity index is 1460. The Labute approximate surface area is 208 Å². The number of aromatic nitrogens is 2. The van der Waals surface area contributed by atoms with Crippen LogP contribution in [0, 0.1) is 19.7 Å². The summed E-state index contributed by atoms with van der Waals surface area (Å²) in [5.41, 5.74) is 5.46. The van der Waals surface area contributed by atoms with Crippen LogP contribution in [0.3, 0.4) is 0 Å². The molecule has 0 bridgehead atoms. The Morgan fingerprint density at radius 1 is 1.00 bits per heavy atom. The first-order valence-corrected chi connectivity index (χ1v) is 11.5. The summed E-state index contributed by atoms with van der Waals surface area (Å²) in [6.45, 7) is 5.84. The fraction of sp³-hybridized carbons (Fsp3) is 0.179. The molecular weight excluding hydrogens is 459 g/mol. The van der Waals surface area contributed by atoms with E-state index in [4.69, 9.17) is 9.26 Å². The van der Waals surface area contributed by atoms with E-state index in [1.165, 1.54) is 19.2 Å². The van der Waals surface area contributed by atoms with Gasteiger partial charge in [0.15, 0.2) is 11.6 Å². The minimum absolute atomic E-state index is 0.129. The summed E-state index contributed by atoms with van der Waals surface area (Å²) in [6.07, 6.45) is 0. The first-order chi connectivity index (χ1) is 17.4. The minimum atomic E-state index is -0.523. The number of rotatable bonds is 5. The number of methoxy groups -OCH3 is 1. The molecule has 1 aromatic heterocycles. The highest BCUT2D eigenvalue weighted by atomic mass is 19.1. The third-order valence-electron chi connectivity index (χ3n) is 6.15. The molecule has 2 heterocycles. The Morgan fingerprint density at radius 3 is 2.39 bits per heavy atom. The highest BCUT2D eigenvalue weighted by Gasteiger charge is 2.36. The number of anilines is 1. The van der Waals surface area contributed by atoms with Gasteiger partial charge in [-0.3, -0.25) is 4.90 Å². The van der Waals surface area contributed by atoms with Gasteiger partial charge in [0.05, 0.1) is 24.4 Å². The molecule has 8 heteroatoms. The third kappa shape index (κ3) is 4.22. The third-order valence-corrected chi connectivity index (χ3v) is 6.15. The predicted octanol–water partition coefficient (Wildman–Crippen LogP) is 6.20. The maximum atomic E-state index is 14.3. The summed E-state index contributed by atoms with van der Waals surface area (Å²) in [5, 5.41) is 7.20. The molecule has 1 aliphatic rings. The number of ether oxygens (including phenoxy) is 1. The summed E-state index contributed by atoms with van der Waals surface area (Å²) in [4.78, 5) is 19.6. The quantitative estimate of drug-likeness (QED) is 0.365. The number of halogens is 1. The topological polar surface area (TPSA) is 80.5 Å². The highest BCUT2D eigenvalue weighted by molar-refractivity contribution is 6.01. The number of carbonyl (C=O) groups excluding carboxylic acids is 1. The molecule has 3 aromatic carbocycles. The number of allylic oxidation sites excluding steroid dienone is 1. The van der Waals surface area contributed by atoms with E-state index in [-0.39, 0.29) is 23.5 Å². The van der Waals surface area contributed by atoms with E-state index in [1.807, 2.05) is 63.2 Å². The second-order valence-electron chi connectivity index (χ2n) is 8.75. The number of hydrogen-bond donors (Lipinski definition) is 1. The second kappa shape index (κ2) is 9.30. The maximum Gasteiger partial charge on any atom is 0.326 e. The van der Waals surface area contributed by atoms with Gasteiger partial charge in [0.2, 0.25) is 5.82 Å². The van der Waals surface area contributed by atoms with E-state index in [0.29, 0.717) is 16.8 Å². The van der Waals surface area contributed by atoms with Crippen LogP contribution < -0.4 is 15.0 Å². The smallest absolute Gasteiger partial charge is 0.326 e. The van der Waals surface area contributed by atoms with Crippen LogP contribution in [0.15, 0.2) is 77.0 Å². The monoisotopic (exact) mass is 484 g/mol. The number of urea groups is 1. The Hall–Kier alpha value is -4.46. The molecule has 0 spiro atoms. The van der Waals surface area contributed by atoms with Crippen molar-refractivity contribution in [3.63, 3.8) is 0 Å². The Kier molecular flexibility index (Phi) is 6.01. The molecule has 1 atom stereocenters. The van der Waals surface area contributed by atoms with Crippen LogP contribution in [0.2, 0.25) is 0 Å². The lowest BCUT2D eigenvalue weighted by atomic mass is 9.94. The molecule has 7 nitrogen and oxygen atoms in total. The first-order valence-electron chi connectivity index (χ1n) is 11.5. The molecule has 36 heavy (non-hydrogen) atoms. The van der Waals surface area contributed by atoms with Gasteiger partial charge in [-0.25, -0.2) is 9.18 Å². The van der Waals surface area contributed by atoms with Crippen LogP contribution >= 0.6 is 0 Å². The van der Waals surface area contributed by atoms with Crippen molar-refractivity contribution in [3.05, 3.63) is 101 Å². The Morgan fingerprint density at radius 2 is 1.72 bits per heavy atom. The molecule has 0 saturated carbocycles. The van der Waals surface area contributed by atoms with Crippen molar-refractivity contribution >= 4 is 17.3 Å². The van der Waals surface area contributed by atoms with E-state index >= 15 is 0 Å². The highest BCUT2D eigenvalue weighted by Crippen LogP contribution is 2.39. The zero-order valence-corrected chi connectivity index (χ0v) is 20.4. The molecule has 0 aliphatic carbocycles. The van der Waals surface area contributed by atoms with Crippen LogP contribution in [0.25, 0.3) is 17.0 Å². The molecule has 1 aliphatic heterocycles. The van der Waals surface area contributed by atoms with Gasteiger partial charge in [-0.05, 0) is 67.8 Å². The van der Waals surface area contributed by atoms with Crippen molar-refractivity contribution in [3.8, 4) is 17.1 Å². The SMILES string of the molecule is COc1ccc(-c2noc(C3=C(C)N(c4cc(C)cc(C)c4)C(=O)NC3c3ccccc3)n2)cc1F. The lowest BCUT2D eigenvalue weighted by Crippen LogP contribution is -2.46. The van der Waals surface area contributed by atoms with Gasteiger partial charge in [0.1, 0.15) is 0 Å². The van der Waals surface area contributed by atoms with E-state index in [1.54, 1.807) is 11.0 Å². The van der Waals surface area contributed by atoms with E-state index in [9.17, 15) is 9.18 Å². The molecule has 0 radical (unpaired) electrons. The number of benzene rings is 3. The van der Waals surface area contributed by atoms with E-state index in [0.717, 1.165) is 22.4 Å². The summed E-state index contributed by atoms with van der Waals surface area (Å²) in [6, 6.07) is 19.3. The van der Waals surface area contributed by atoms with Gasteiger partial charge in [-0.2, -0.15) is 4.98 Å². The standard InChI is InChI=1S/C28H25FN4O3/c1-16-12-17(2)14-21(13-16)33-18(3)24(25(30-28(33)34)19-8-6-5-7-9-19)27-31-26(32-36-27)20-10-11-23(35-4)22(29)15-20/h5-15,25H,1-4H3,(H,30,34).